The number of carbonyl (C=O) groups is 2. The number of hydrogen-bond acceptors (Lipinski definition) is 4. The summed E-state index contributed by atoms with van der Waals surface area (Å²) >= 11 is 5.94. The van der Waals surface area contributed by atoms with Crippen molar-refractivity contribution in [1.29, 1.82) is 0 Å². The number of aryl methyl sites for hydroxylation is 1. The first-order valence-corrected chi connectivity index (χ1v) is 9.02. The van der Waals surface area contributed by atoms with Gasteiger partial charge in [0.2, 0.25) is 5.91 Å². The Labute approximate surface area is 151 Å². The van der Waals surface area contributed by atoms with Gasteiger partial charge in [-0.25, -0.2) is 0 Å². The first-order chi connectivity index (χ1) is 12.0. The molecule has 1 aromatic carbocycles. The number of amides is 2. The van der Waals surface area contributed by atoms with Gasteiger partial charge in [-0.3, -0.25) is 9.59 Å². The van der Waals surface area contributed by atoms with Crippen LogP contribution in [0, 0.1) is 6.92 Å². The van der Waals surface area contributed by atoms with Crippen molar-refractivity contribution < 1.29 is 19.1 Å². The molecule has 0 saturated carbocycles. The minimum atomic E-state index is -0.610. The Balaban J connectivity index is 1.45. The lowest BCUT2D eigenvalue weighted by atomic mass is 10.0. The molecule has 0 N–H and O–H groups in total. The summed E-state index contributed by atoms with van der Waals surface area (Å²) in [4.78, 5) is 28.6. The topological polar surface area (TPSA) is 59.1 Å². The highest BCUT2D eigenvalue weighted by Gasteiger charge is 2.61. The van der Waals surface area contributed by atoms with Crippen LogP contribution in [0.3, 0.4) is 0 Å². The molecule has 4 rings (SSSR count). The molecule has 1 spiro atoms. The van der Waals surface area contributed by atoms with E-state index in [0.717, 1.165) is 18.5 Å². The molecule has 7 heteroatoms. The highest BCUT2D eigenvalue weighted by molar-refractivity contribution is 6.30. The van der Waals surface area contributed by atoms with Gasteiger partial charge < -0.3 is 19.3 Å². The van der Waals surface area contributed by atoms with Gasteiger partial charge in [-0.1, -0.05) is 11.6 Å². The molecule has 3 saturated heterocycles. The first-order valence-electron chi connectivity index (χ1n) is 8.64. The molecule has 3 heterocycles. The molecule has 0 unspecified atom stereocenters. The van der Waals surface area contributed by atoms with Gasteiger partial charge in [0.15, 0.2) is 12.3 Å². The molecule has 0 radical (unpaired) electrons. The summed E-state index contributed by atoms with van der Waals surface area (Å²) in [5.74, 6) is 0.612. The van der Waals surface area contributed by atoms with Crippen molar-refractivity contribution in [3.8, 4) is 5.75 Å². The van der Waals surface area contributed by atoms with Crippen LogP contribution in [0.1, 0.15) is 24.8 Å². The summed E-state index contributed by atoms with van der Waals surface area (Å²) in [6.07, 6.45) is 1.87. The highest BCUT2D eigenvalue weighted by atomic mass is 35.5. The zero-order chi connectivity index (χ0) is 17.6. The van der Waals surface area contributed by atoms with E-state index >= 15 is 0 Å². The Kier molecular flexibility index (Phi) is 4.12. The average molecular weight is 365 g/mol. The molecule has 3 aliphatic heterocycles. The second kappa shape index (κ2) is 6.18. The number of halogens is 1. The van der Waals surface area contributed by atoms with E-state index in [4.69, 9.17) is 21.1 Å². The van der Waals surface area contributed by atoms with E-state index in [9.17, 15) is 9.59 Å². The second-order valence-corrected chi connectivity index (χ2v) is 7.28. The molecule has 134 valence electrons. The van der Waals surface area contributed by atoms with Crippen molar-refractivity contribution in [3.63, 3.8) is 0 Å². The van der Waals surface area contributed by atoms with Gasteiger partial charge in [-0.05, 0) is 37.1 Å². The third kappa shape index (κ3) is 2.68. The van der Waals surface area contributed by atoms with Crippen molar-refractivity contribution in [2.24, 2.45) is 0 Å². The Morgan fingerprint density at radius 2 is 2.28 bits per heavy atom. The van der Waals surface area contributed by atoms with Gasteiger partial charge in [0.25, 0.3) is 5.91 Å². The number of carbonyl (C=O) groups excluding carboxylic acids is 2. The third-order valence-corrected chi connectivity index (χ3v) is 5.66. The van der Waals surface area contributed by atoms with E-state index < -0.39 is 5.72 Å². The van der Waals surface area contributed by atoms with Crippen LogP contribution in [0.15, 0.2) is 18.2 Å². The van der Waals surface area contributed by atoms with Gasteiger partial charge in [0.1, 0.15) is 5.75 Å². The van der Waals surface area contributed by atoms with Crippen LogP contribution in [0.25, 0.3) is 0 Å². The Morgan fingerprint density at radius 1 is 1.44 bits per heavy atom. The maximum Gasteiger partial charge on any atom is 0.260 e. The van der Waals surface area contributed by atoms with Crippen molar-refractivity contribution >= 4 is 23.4 Å². The van der Waals surface area contributed by atoms with Crippen molar-refractivity contribution in [1.82, 2.24) is 9.80 Å². The monoisotopic (exact) mass is 364 g/mol. The van der Waals surface area contributed by atoms with Crippen LogP contribution in [0.5, 0.6) is 5.75 Å². The van der Waals surface area contributed by atoms with Crippen LogP contribution in [0.2, 0.25) is 5.02 Å². The number of rotatable bonds is 3. The molecule has 6 nitrogen and oxygen atoms in total. The van der Waals surface area contributed by atoms with Crippen LogP contribution in [0.4, 0.5) is 0 Å². The summed E-state index contributed by atoms with van der Waals surface area (Å²) in [5, 5.41) is 0.636. The lowest BCUT2D eigenvalue weighted by Crippen LogP contribution is -2.56. The number of hydrogen-bond donors (Lipinski definition) is 0. The van der Waals surface area contributed by atoms with E-state index in [1.807, 2.05) is 11.8 Å². The predicted molar refractivity (Wildman–Crippen MR) is 91.4 cm³/mol. The minimum Gasteiger partial charge on any atom is -0.483 e. The molecule has 2 atom stereocenters. The van der Waals surface area contributed by atoms with Gasteiger partial charge >= 0.3 is 0 Å². The molecule has 0 bridgehead atoms. The minimum absolute atomic E-state index is 0.0523. The van der Waals surface area contributed by atoms with Crippen LogP contribution < -0.4 is 4.74 Å². The molecule has 0 aromatic heterocycles. The summed E-state index contributed by atoms with van der Waals surface area (Å²) in [7, 11) is 0. The van der Waals surface area contributed by atoms with E-state index in [0.29, 0.717) is 36.8 Å². The lowest BCUT2D eigenvalue weighted by Gasteiger charge is -2.42. The van der Waals surface area contributed by atoms with Crippen LogP contribution >= 0.6 is 11.6 Å². The first kappa shape index (κ1) is 16.7. The Morgan fingerprint density at radius 3 is 3.08 bits per heavy atom. The second-order valence-electron chi connectivity index (χ2n) is 6.85. The molecule has 3 fully saturated rings. The fourth-order valence-electron chi connectivity index (χ4n) is 4.25. The zero-order valence-electron chi connectivity index (χ0n) is 14.2. The van der Waals surface area contributed by atoms with Gasteiger partial charge in [-0.2, -0.15) is 0 Å². The smallest absolute Gasteiger partial charge is 0.260 e. The van der Waals surface area contributed by atoms with Crippen LogP contribution in [-0.2, 0) is 14.3 Å². The van der Waals surface area contributed by atoms with Gasteiger partial charge in [-0.15, -0.1) is 0 Å². The quantitative estimate of drug-likeness (QED) is 0.823. The fourth-order valence-corrected chi connectivity index (χ4v) is 4.47. The predicted octanol–water partition coefficient (Wildman–Crippen LogP) is 1.98. The largest absolute Gasteiger partial charge is 0.483 e. The number of nitrogens with zero attached hydrogens (tertiary/aromatic N) is 2. The van der Waals surface area contributed by atoms with Crippen molar-refractivity contribution in [2.75, 3.05) is 26.3 Å². The van der Waals surface area contributed by atoms with Crippen LogP contribution in [-0.4, -0.2) is 59.7 Å². The third-order valence-electron chi connectivity index (χ3n) is 5.42. The molecular weight excluding hydrogens is 344 g/mol. The summed E-state index contributed by atoms with van der Waals surface area (Å²) < 4.78 is 11.7. The number of likely N-dealkylation sites (tertiary alicyclic amines) is 1. The average Bonchev–Trinajstić information content (AvgIpc) is 3.06. The van der Waals surface area contributed by atoms with E-state index in [1.54, 1.807) is 23.1 Å². The summed E-state index contributed by atoms with van der Waals surface area (Å²) in [6, 6.07) is 5.10. The Bertz CT molecular complexity index is 725. The summed E-state index contributed by atoms with van der Waals surface area (Å²) in [6.45, 7) is 3.79. The maximum atomic E-state index is 12.7. The van der Waals surface area contributed by atoms with E-state index in [2.05, 4.69) is 0 Å². The van der Waals surface area contributed by atoms with Gasteiger partial charge in [0.05, 0.1) is 19.1 Å². The fraction of sp³-hybridized carbons (Fsp3) is 0.556. The Hall–Kier alpha value is -1.79. The molecule has 1 aromatic rings. The SMILES string of the molecule is Cc1cc(Cl)ccc1OCC(=O)N1CC[C@@]23OCCCN2C(=O)C[C@@H]13. The summed E-state index contributed by atoms with van der Waals surface area (Å²) in [5.41, 5.74) is 0.275. The molecule has 3 aliphatic rings. The molecular formula is C18H21ClN2O4. The van der Waals surface area contributed by atoms with E-state index in [1.165, 1.54) is 0 Å². The normalized spacial score (nSPS) is 28.1. The molecule has 2 amide bonds. The van der Waals surface area contributed by atoms with Crippen molar-refractivity contribution in [3.05, 3.63) is 28.8 Å². The lowest BCUT2D eigenvalue weighted by molar-refractivity contribution is -0.182. The maximum absolute atomic E-state index is 12.7. The zero-order valence-corrected chi connectivity index (χ0v) is 14.9. The highest BCUT2D eigenvalue weighted by Crippen LogP contribution is 2.44. The molecule has 0 aliphatic carbocycles. The molecule has 25 heavy (non-hydrogen) atoms. The van der Waals surface area contributed by atoms with Gasteiger partial charge in [0, 0.05) is 24.5 Å². The van der Waals surface area contributed by atoms with E-state index in [-0.39, 0.29) is 24.5 Å². The number of ether oxygens (including phenoxy) is 2. The standard InChI is InChI=1S/C18H21ClN2O4/c1-12-9-13(19)3-4-14(12)24-11-17(23)20-7-5-18-15(20)10-16(22)21(18)6-2-8-25-18/h3-4,9,15H,2,5-8,10-11H2,1H3/t15-,18+/m1/s1. The van der Waals surface area contributed by atoms with Crippen molar-refractivity contribution in [2.45, 2.75) is 38.0 Å². The number of benzene rings is 1.